The van der Waals surface area contributed by atoms with Crippen molar-refractivity contribution in [2.75, 3.05) is 0 Å². The van der Waals surface area contributed by atoms with Crippen LogP contribution < -0.4 is 16.4 Å². The Kier molecular flexibility index (Phi) is 4.06. The molecule has 0 spiro atoms. The maximum Gasteiger partial charge on any atom is 0.252 e. The zero-order valence-electron chi connectivity index (χ0n) is 24.8. The normalized spacial score (nSPS) is 13.2. The van der Waals surface area contributed by atoms with Gasteiger partial charge in [-0.3, -0.25) is 0 Å². The van der Waals surface area contributed by atoms with Gasteiger partial charge in [-0.05, 0) is 52.8 Å². The molecule has 0 unspecified atom stereocenters. The first kappa shape index (κ1) is 23.4. The fourth-order valence-electron chi connectivity index (χ4n) is 9.22. The van der Waals surface area contributed by atoms with Crippen molar-refractivity contribution in [2.24, 2.45) is 0 Å². The van der Waals surface area contributed by atoms with Gasteiger partial charge in [0.25, 0.3) is 6.71 Å². The van der Waals surface area contributed by atoms with E-state index in [1.807, 2.05) is 0 Å². The standard InChI is InChI=1S/C42H24BN3/c1-2-13-25(14-3-1)44-33-22-9-5-16-28(33)37-36-29-17-6-10-23-34(29)45-35-24-11-7-19-30(35)43-31-20-12-18-27-26-15-4-8-21-32(26)46(39(27)31)42(41(37)44)38(43)40(36)45/h1-24H. The van der Waals surface area contributed by atoms with Gasteiger partial charge >= 0.3 is 0 Å². The summed E-state index contributed by atoms with van der Waals surface area (Å²) < 4.78 is 7.72. The summed E-state index contributed by atoms with van der Waals surface area (Å²) in [6, 6.07) is 54.0. The SMILES string of the molecule is c1ccc(-n2c3ccccc3c3c4c5ccccc5n5c4c4c(c32)-n2c3ccccc3c3cccc(c32)B4c2ccccc2-5)cc1. The van der Waals surface area contributed by atoms with Gasteiger partial charge in [0.05, 0.1) is 33.3 Å². The fraction of sp³-hybridized carbons (Fsp3) is 0. The maximum atomic E-state index is 2.61. The van der Waals surface area contributed by atoms with E-state index >= 15 is 0 Å². The molecule has 3 nitrogen and oxygen atoms in total. The molecule has 0 radical (unpaired) electrons. The molecule has 0 saturated carbocycles. The lowest BCUT2D eigenvalue weighted by Gasteiger charge is -2.34. The molecule has 2 aliphatic heterocycles. The Morgan fingerprint density at radius 1 is 0.370 bits per heavy atom. The molecular formula is C42H24BN3. The lowest BCUT2D eigenvalue weighted by atomic mass is 9.34. The van der Waals surface area contributed by atoms with E-state index < -0.39 is 0 Å². The van der Waals surface area contributed by atoms with Crippen molar-refractivity contribution in [3.63, 3.8) is 0 Å². The van der Waals surface area contributed by atoms with Crippen molar-refractivity contribution in [2.45, 2.75) is 0 Å². The molecule has 12 rings (SSSR count). The highest BCUT2D eigenvalue weighted by atomic mass is 15.1. The number of nitrogens with zero attached hydrogens (tertiary/aromatic N) is 3. The summed E-state index contributed by atoms with van der Waals surface area (Å²) in [7, 11) is 0. The summed E-state index contributed by atoms with van der Waals surface area (Å²) in [5.74, 6) is 0. The van der Waals surface area contributed by atoms with Gasteiger partial charge in [0.1, 0.15) is 0 Å². The average molecular weight is 581 g/mol. The minimum absolute atomic E-state index is 0.109. The zero-order chi connectivity index (χ0) is 29.7. The van der Waals surface area contributed by atoms with E-state index in [1.54, 1.807) is 0 Å². The van der Waals surface area contributed by atoms with Gasteiger partial charge in [0.2, 0.25) is 0 Å². The lowest BCUT2D eigenvalue weighted by Crippen LogP contribution is -2.59. The van der Waals surface area contributed by atoms with Crippen molar-refractivity contribution in [1.82, 2.24) is 13.7 Å². The fourth-order valence-corrected chi connectivity index (χ4v) is 9.22. The van der Waals surface area contributed by atoms with E-state index in [-0.39, 0.29) is 6.71 Å². The molecule has 3 aromatic heterocycles. The Morgan fingerprint density at radius 3 is 1.72 bits per heavy atom. The number of benzene rings is 7. The van der Waals surface area contributed by atoms with Crippen LogP contribution in [-0.2, 0) is 0 Å². The number of hydrogen-bond donors (Lipinski definition) is 0. The third kappa shape index (κ3) is 2.51. The number of para-hydroxylation sites is 6. The van der Waals surface area contributed by atoms with Crippen LogP contribution in [0, 0.1) is 0 Å². The predicted octanol–water partition coefficient (Wildman–Crippen LogP) is 8.12. The maximum absolute atomic E-state index is 2.61. The van der Waals surface area contributed by atoms with Gasteiger partial charge < -0.3 is 13.7 Å². The third-order valence-electron chi connectivity index (χ3n) is 10.8. The van der Waals surface area contributed by atoms with Crippen LogP contribution in [-0.4, -0.2) is 20.4 Å². The van der Waals surface area contributed by atoms with E-state index in [9.17, 15) is 0 Å². The summed E-state index contributed by atoms with van der Waals surface area (Å²) in [5.41, 5.74) is 15.6. The van der Waals surface area contributed by atoms with Gasteiger partial charge in [-0.2, -0.15) is 0 Å². The van der Waals surface area contributed by atoms with Crippen molar-refractivity contribution < 1.29 is 0 Å². The molecule has 0 saturated heterocycles. The minimum atomic E-state index is 0.109. The molecule has 0 fully saturated rings. The smallest absolute Gasteiger partial charge is 0.252 e. The van der Waals surface area contributed by atoms with Gasteiger partial charge in [0, 0.05) is 49.2 Å². The van der Waals surface area contributed by atoms with E-state index in [0.29, 0.717) is 0 Å². The molecule has 46 heavy (non-hydrogen) atoms. The molecule has 0 atom stereocenters. The average Bonchev–Trinajstić information content (AvgIpc) is 3.77. The molecule has 0 bridgehead atoms. The number of hydrogen-bond acceptors (Lipinski definition) is 0. The van der Waals surface area contributed by atoms with Crippen molar-refractivity contribution in [3.8, 4) is 17.1 Å². The van der Waals surface area contributed by atoms with Crippen LogP contribution in [0.15, 0.2) is 146 Å². The summed E-state index contributed by atoms with van der Waals surface area (Å²) in [4.78, 5) is 0. The molecule has 210 valence electrons. The van der Waals surface area contributed by atoms with Crippen molar-refractivity contribution in [1.29, 1.82) is 0 Å². The van der Waals surface area contributed by atoms with E-state index in [0.717, 1.165) is 0 Å². The Morgan fingerprint density at radius 2 is 0.935 bits per heavy atom. The highest BCUT2D eigenvalue weighted by molar-refractivity contribution is 7.00. The number of fused-ring (bicyclic) bond motifs is 16. The highest BCUT2D eigenvalue weighted by Gasteiger charge is 2.43. The van der Waals surface area contributed by atoms with Gasteiger partial charge in [0.15, 0.2) is 0 Å². The Bertz CT molecular complexity index is 2980. The van der Waals surface area contributed by atoms with Crippen molar-refractivity contribution >= 4 is 88.5 Å². The van der Waals surface area contributed by atoms with E-state index in [1.165, 1.54) is 98.9 Å². The summed E-state index contributed by atoms with van der Waals surface area (Å²) in [6.45, 7) is 0.109. The van der Waals surface area contributed by atoms with Crippen LogP contribution in [0.3, 0.4) is 0 Å². The second kappa shape index (κ2) is 7.98. The first-order chi connectivity index (χ1) is 22.9. The van der Waals surface area contributed by atoms with Crippen LogP contribution in [0.1, 0.15) is 0 Å². The Labute approximate surface area is 264 Å². The molecule has 7 aromatic carbocycles. The molecular weight excluding hydrogens is 557 g/mol. The van der Waals surface area contributed by atoms with E-state index in [4.69, 9.17) is 0 Å². The molecule has 4 heteroatoms. The summed E-state index contributed by atoms with van der Waals surface area (Å²) >= 11 is 0. The highest BCUT2D eigenvalue weighted by Crippen LogP contribution is 2.47. The lowest BCUT2D eigenvalue weighted by molar-refractivity contribution is 1.13. The molecule has 0 amide bonds. The van der Waals surface area contributed by atoms with Crippen LogP contribution in [0.5, 0.6) is 0 Å². The topological polar surface area (TPSA) is 14.8 Å². The second-order valence-corrected chi connectivity index (χ2v) is 12.8. The van der Waals surface area contributed by atoms with Gasteiger partial charge in [-0.15, -0.1) is 0 Å². The molecule has 0 N–H and O–H groups in total. The molecule has 0 aliphatic carbocycles. The first-order valence-electron chi connectivity index (χ1n) is 16.1. The third-order valence-corrected chi connectivity index (χ3v) is 10.8. The minimum Gasteiger partial charge on any atom is -0.310 e. The molecule has 2 aliphatic rings. The van der Waals surface area contributed by atoms with Crippen LogP contribution in [0.4, 0.5) is 0 Å². The summed E-state index contributed by atoms with van der Waals surface area (Å²) in [5, 5.41) is 7.88. The van der Waals surface area contributed by atoms with Crippen LogP contribution >= 0.6 is 0 Å². The molecule has 10 aromatic rings. The largest absolute Gasteiger partial charge is 0.310 e. The van der Waals surface area contributed by atoms with Gasteiger partial charge in [-0.1, -0.05) is 109 Å². The van der Waals surface area contributed by atoms with Crippen LogP contribution in [0.2, 0.25) is 0 Å². The monoisotopic (exact) mass is 581 g/mol. The zero-order valence-corrected chi connectivity index (χ0v) is 24.8. The number of rotatable bonds is 1. The predicted molar refractivity (Wildman–Crippen MR) is 194 cm³/mol. The Hall–Kier alpha value is -6.00. The van der Waals surface area contributed by atoms with Crippen molar-refractivity contribution in [3.05, 3.63) is 146 Å². The van der Waals surface area contributed by atoms with Crippen LogP contribution in [0.25, 0.3) is 82.5 Å². The summed E-state index contributed by atoms with van der Waals surface area (Å²) in [6.07, 6.45) is 0. The van der Waals surface area contributed by atoms with Gasteiger partial charge in [-0.25, -0.2) is 0 Å². The molecule has 5 heterocycles. The Balaban J connectivity index is 1.50. The quantitative estimate of drug-likeness (QED) is 0.174. The number of aromatic nitrogens is 3. The van der Waals surface area contributed by atoms with E-state index in [2.05, 4.69) is 159 Å². The first-order valence-corrected chi connectivity index (χ1v) is 16.1. The second-order valence-electron chi connectivity index (χ2n) is 12.8.